The van der Waals surface area contributed by atoms with Gasteiger partial charge < -0.3 is 25.8 Å². The molecule has 0 bridgehead atoms. The van der Waals surface area contributed by atoms with E-state index in [0.29, 0.717) is 30.2 Å². The lowest BCUT2D eigenvalue weighted by Gasteiger charge is -2.26. The Kier molecular flexibility index (Phi) is 6.37. The maximum Gasteiger partial charge on any atom is 0.254 e. The Morgan fingerprint density at radius 3 is 2.30 bits per heavy atom. The minimum Gasteiger partial charge on any atom is -0.457 e. The molecule has 0 saturated carbocycles. The third kappa shape index (κ3) is 4.86. The SMILES string of the molecule is C=CC(=O)C1CCN(c2cnc(Oc3ccc(Oc4ccccc4)cc3)c(C(N)=O)c2)C1N. The molecule has 168 valence electrons. The normalized spacial score (nSPS) is 17.4. The summed E-state index contributed by atoms with van der Waals surface area (Å²) in [6.07, 6.45) is 2.89. The predicted octanol–water partition coefficient (Wildman–Crippen LogP) is 3.63. The van der Waals surface area contributed by atoms with Gasteiger partial charge in [0.05, 0.1) is 24.0 Å². The fraction of sp³-hybridized carbons (Fsp3) is 0.160. The van der Waals surface area contributed by atoms with Crippen LogP contribution in [0, 0.1) is 5.92 Å². The van der Waals surface area contributed by atoms with Gasteiger partial charge in [-0.1, -0.05) is 24.8 Å². The standard InChI is InChI=1S/C25H24N4O4/c1-2-22(30)20-12-13-29(23(20)26)16-14-21(24(27)31)25(28-15-16)33-19-10-8-18(9-11-19)32-17-6-4-3-5-7-17/h2-11,14-15,20,23H,1,12-13,26H2,(H2,27,31). The van der Waals surface area contributed by atoms with Gasteiger partial charge in [-0.2, -0.15) is 0 Å². The Hall–Kier alpha value is -4.17. The maximum absolute atomic E-state index is 12.1. The maximum atomic E-state index is 12.1. The zero-order valence-corrected chi connectivity index (χ0v) is 17.9. The van der Waals surface area contributed by atoms with Gasteiger partial charge in [-0.15, -0.1) is 0 Å². The molecule has 2 atom stereocenters. The van der Waals surface area contributed by atoms with Crippen molar-refractivity contribution in [2.45, 2.75) is 12.6 Å². The van der Waals surface area contributed by atoms with Crippen LogP contribution in [0.4, 0.5) is 5.69 Å². The third-order valence-electron chi connectivity index (χ3n) is 5.47. The number of para-hydroxylation sites is 1. The van der Waals surface area contributed by atoms with Crippen LogP contribution >= 0.6 is 0 Å². The van der Waals surface area contributed by atoms with Crippen molar-refractivity contribution in [2.75, 3.05) is 11.4 Å². The number of aromatic nitrogens is 1. The Morgan fingerprint density at radius 2 is 1.67 bits per heavy atom. The lowest BCUT2D eigenvalue weighted by atomic mass is 10.0. The quantitative estimate of drug-likeness (QED) is 0.509. The highest BCUT2D eigenvalue weighted by atomic mass is 16.5. The van der Waals surface area contributed by atoms with Gasteiger partial charge in [0.15, 0.2) is 5.78 Å². The summed E-state index contributed by atoms with van der Waals surface area (Å²) >= 11 is 0. The highest BCUT2D eigenvalue weighted by Gasteiger charge is 2.35. The molecule has 1 aromatic heterocycles. The molecule has 0 aliphatic carbocycles. The van der Waals surface area contributed by atoms with E-state index < -0.39 is 12.1 Å². The molecule has 0 radical (unpaired) electrons. The molecule has 4 rings (SSSR count). The van der Waals surface area contributed by atoms with Crippen molar-refractivity contribution in [3.05, 3.63) is 85.1 Å². The Balaban J connectivity index is 1.51. The number of amides is 1. The summed E-state index contributed by atoms with van der Waals surface area (Å²) in [6, 6.07) is 17.9. The number of hydrogen-bond acceptors (Lipinski definition) is 7. The first-order valence-corrected chi connectivity index (χ1v) is 10.5. The summed E-state index contributed by atoms with van der Waals surface area (Å²) < 4.78 is 11.6. The molecule has 1 saturated heterocycles. The molecule has 2 unspecified atom stereocenters. The summed E-state index contributed by atoms with van der Waals surface area (Å²) in [5.41, 5.74) is 12.5. The van der Waals surface area contributed by atoms with E-state index in [0.717, 1.165) is 5.75 Å². The Morgan fingerprint density at radius 1 is 1.03 bits per heavy atom. The molecule has 33 heavy (non-hydrogen) atoms. The van der Waals surface area contributed by atoms with E-state index in [4.69, 9.17) is 20.9 Å². The van der Waals surface area contributed by atoms with Crippen LogP contribution in [0.3, 0.4) is 0 Å². The van der Waals surface area contributed by atoms with Gasteiger partial charge in [-0.3, -0.25) is 9.59 Å². The topological polar surface area (TPSA) is 121 Å². The van der Waals surface area contributed by atoms with Gasteiger partial charge in [0.25, 0.3) is 5.91 Å². The van der Waals surface area contributed by atoms with Crippen LogP contribution < -0.4 is 25.8 Å². The molecule has 2 aromatic carbocycles. The van der Waals surface area contributed by atoms with Crippen LogP contribution in [0.2, 0.25) is 0 Å². The van der Waals surface area contributed by atoms with Crippen LogP contribution in [-0.2, 0) is 4.79 Å². The van der Waals surface area contributed by atoms with Crippen molar-refractivity contribution in [2.24, 2.45) is 17.4 Å². The molecule has 4 N–H and O–H groups in total. The second kappa shape index (κ2) is 9.54. The number of allylic oxidation sites excluding steroid dienone is 1. The van der Waals surface area contributed by atoms with Crippen molar-refractivity contribution in [1.29, 1.82) is 0 Å². The average molecular weight is 444 g/mol. The fourth-order valence-electron chi connectivity index (χ4n) is 3.75. The summed E-state index contributed by atoms with van der Waals surface area (Å²) in [7, 11) is 0. The number of carbonyl (C=O) groups excluding carboxylic acids is 2. The lowest BCUT2D eigenvalue weighted by molar-refractivity contribution is -0.118. The minimum absolute atomic E-state index is 0.0782. The molecule has 1 fully saturated rings. The number of nitrogens with two attached hydrogens (primary N) is 2. The third-order valence-corrected chi connectivity index (χ3v) is 5.47. The Bertz CT molecular complexity index is 1160. The van der Waals surface area contributed by atoms with E-state index in [1.807, 2.05) is 35.2 Å². The number of benzene rings is 2. The zero-order valence-electron chi connectivity index (χ0n) is 17.9. The van der Waals surface area contributed by atoms with E-state index in [9.17, 15) is 9.59 Å². The van der Waals surface area contributed by atoms with Crippen molar-refractivity contribution in [1.82, 2.24) is 4.98 Å². The number of nitrogens with zero attached hydrogens (tertiary/aromatic N) is 2. The first-order valence-electron chi connectivity index (χ1n) is 10.5. The van der Waals surface area contributed by atoms with Crippen molar-refractivity contribution >= 4 is 17.4 Å². The van der Waals surface area contributed by atoms with Gasteiger partial charge in [-0.05, 0) is 55.0 Å². The molecule has 1 aliphatic heterocycles. The molecule has 8 heteroatoms. The lowest BCUT2D eigenvalue weighted by Crippen LogP contribution is -2.42. The van der Waals surface area contributed by atoms with Crippen LogP contribution in [-0.4, -0.2) is 29.4 Å². The molecule has 1 aliphatic rings. The molecular weight excluding hydrogens is 420 g/mol. The van der Waals surface area contributed by atoms with E-state index in [2.05, 4.69) is 11.6 Å². The molecule has 3 aromatic rings. The van der Waals surface area contributed by atoms with Crippen LogP contribution in [0.15, 0.2) is 79.5 Å². The van der Waals surface area contributed by atoms with Crippen molar-refractivity contribution in [3.8, 4) is 23.1 Å². The second-order valence-corrected chi connectivity index (χ2v) is 7.58. The smallest absolute Gasteiger partial charge is 0.254 e. The molecule has 0 spiro atoms. The summed E-state index contributed by atoms with van der Waals surface area (Å²) in [5.74, 6) is 0.757. The number of carbonyl (C=O) groups is 2. The number of rotatable bonds is 8. The molecule has 2 heterocycles. The van der Waals surface area contributed by atoms with E-state index in [-0.39, 0.29) is 23.1 Å². The van der Waals surface area contributed by atoms with E-state index >= 15 is 0 Å². The monoisotopic (exact) mass is 444 g/mol. The van der Waals surface area contributed by atoms with Crippen LogP contribution in [0.25, 0.3) is 0 Å². The van der Waals surface area contributed by atoms with Crippen LogP contribution in [0.5, 0.6) is 23.1 Å². The largest absolute Gasteiger partial charge is 0.457 e. The van der Waals surface area contributed by atoms with Crippen molar-refractivity contribution in [3.63, 3.8) is 0 Å². The summed E-state index contributed by atoms with van der Waals surface area (Å²) in [6.45, 7) is 4.08. The zero-order chi connectivity index (χ0) is 23.4. The van der Waals surface area contributed by atoms with Gasteiger partial charge in [0, 0.05) is 6.54 Å². The Labute approximate surface area is 191 Å². The minimum atomic E-state index is -0.685. The average Bonchev–Trinajstić information content (AvgIpc) is 3.22. The van der Waals surface area contributed by atoms with Gasteiger partial charge in [0.1, 0.15) is 22.8 Å². The van der Waals surface area contributed by atoms with Gasteiger partial charge in [-0.25, -0.2) is 4.98 Å². The number of hydrogen-bond donors (Lipinski definition) is 2. The number of ketones is 1. The van der Waals surface area contributed by atoms with Crippen molar-refractivity contribution < 1.29 is 19.1 Å². The van der Waals surface area contributed by atoms with Crippen LogP contribution in [0.1, 0.15) is 16.8 Å². The van der Waals surface area contributed by atoms with E-state index in [1.165, 1.54) is 6.08 Å². The van der Waals surface area contributed by atoms with Gasteiger partial charge >= 0.3 is 0 Å². The summed E-state index contributed by atoms with van der Waals surface area (Å²) in [4.78, 5) is 30.2. The number of primary amides is 1. The molecule has 1 amide bonds. The second-order valence-electron chi connectivity index (χ2n) is 7.58. The fourth-order valence-corrected chi connectivity index (χ4v) is 3.75. The van der Waals surface area contributed by atoms with Gasteiger partial charge in [0.2, 0.25) is 5.88 Å². The van der Waals surface area contributed by atoms with E-state index in [1.54, 1.807) is 36.5 Å². The first-order chi connectivity index (χ1) is 16.0. The highest BCUT2D eigenvalue weighted by Crippen LogP contribution is 2.32. The molecule has 8 nitrogen and oxygen atoms in total. The highest BCUT2D eigenvalue weighted by molar-refractivity contribution is 5.96. The number of anilines is 1. The predicted molar refractivity (Wildman–Crippen MR) is 124 cm³/mol. The number of ether oxygens (including phenoxy) is 2. The summed E-state index contributed by atoms with van der Waals surface area (Å²) in [5, 5.41) is 0. The number of pyridine rings is 1. The first kappa shape index (κ1) is 22.0. The molecular formula is C25H24N4O4.